The Morgan fingerprint density at radius 2 is 2.07 bits per heavy atom. The lowest BCUT2D eigenvalue weighted by Gasteiger charge is -2.02. The number of oxazole rings is 1. The average molecular weight is 232 g/mol. The Hall–Kier alpha value is -0.880. The predicted molar refractivity (Wildman–Crippen MR) is 57.1 cm³/mol. The standard InChI is InChI=1S/C9H16N2O3S/c1-4-15(12,13)10-6-5-9-7(2)11-8(3)14-9/h10H,4-6H2,1-3H3. The second-order valence-electron chi connectivity index (χ2n) is 3.29. The van der Waals surface area contributed by atoms with Crippen molar-refractivity contribution >= 4 is 10.0 Å². The van der Waals surface area contributed by atoms with Gasteiger partial charge in [-0.3, -0.25) is 0 Å². The van der Waals surface area contributed by atoms with E-state index in [-0.39, 0.29) is 5.75 Å². The summed E-state index contributed by atoms with van der Waals surface area (Å²) in [6.45, 7) is 5.57. The molecule has 0 saturated heterocycles. The van der Waals surface area contributed by atoms with Gasteiger partial charge in [0.25, 0.3) is 0 Å². The van der Waals surface area contributed by atoms with Gasteiger partial charge in [0.05, 0.1) is 11.4 Å². The molecule has 1 aromatic heterocycles. The SMILES string of the molecule is CCS(=O)(=O)NCCc1oc(C)nc1C. The van der Waals surface area contributed by atoms with Gasteiger partial charge in [0.2, 0.25) is 10.0 Å². The van der Waals surface area contributed by atoms with Crippen LogP contribution in [-0.2, 0) is 16.4 Å². The first-order valence-corrected chi connectivity index (χ1v) is 6.50. The number of aromatic nitrogens is 1. The predicted octanol–water partition coefficient (Wildman–Crippen LogP) is 0.773. The quantitative estimate of drug-likeness (QED) is 0.814. The van der Waals surface area contributed by atoms with Crippen LogP contribution in [0.4, 0.5) is 0 Å². The molecule has 0 aromatic carbocycles. The fraction of sp³-hybridized carbons (Fsp3) is 0.667. The topological polar surface area (TPSA) is 72.2 Å². The van der Waals surface area contributed by atoms with E-state index in [4.69, 9.17) is 4.42 Å². The molecule has 0 aliphatic heterocycles. The molecule has 6 heteroatoms. The summed E-state index contributed by atoms with van der Waals surface area (Å²) in [4.78, 5) is 4.10. The van der Waals surface area contributed by atoms with E-state index in [0.717, 1.165) is 11.5 Å². The van der Waals surface area contributed by atoms with E-state index in [0.29, 0.717) is 18.9 Å². The maximum absolute atomic E-state index is 11.1. The van der Waals surface area contributed by atoms with Gasteiger partial charge in [0, 0.05) is 19.9 Å². The fourth-order valence-corrected chi connectivity index (χ4v) is 1.84. The lowest BCUT2D eigenvalue weighted by molar-refractivity contribution is 0.472. The molecule has 0 saturated carbocycles. The molecule has 0 aliphatic carbocycles. The zero-order valence-corrected chi connectivity index (χ0v) is 10.0. The van der Waals surface area contributed by atoms with Crippen molar-refractivity contribution < 1.29 is 12.8 Å². The normalized spacial score (nSPS) is 11.9. The van der Waals surface area contributed by atoms with Gasteiger partial charge < -0.3 is 4.42 Å². The van der Waals surface area contributed by atoms with Crippen LogP contribution in [0.15, 0.2) is 4.42 Å². The summed E-state index contributed by atoms with van der Waals surface area (Å²) in [5, 5.41) is 0. The van der Waals surface area contributed by atoms with Gasteiger partial charge in [-0.25, -0.2) is 18.1 Å². The van der Waals surface area contributed by atoms with Crippen LogP contribution in [0.25, 0.3) is 0 Å². The second kappa shape index (κ2) is 4.76. The highest BCUT2D eigenvalue weighted by Crippen LogP contribution is 2.09. The van der Waals surface area contributed by atoms with Crippen LogP contribution in [0.5, 0.6) is 0 Å². The molecule has 0 bridgehead atoms. The van der Waals surface area contributed by atoms with Gasteiger partial charge in [-0.15, -0.1) is 0 Å². The molecule has 15 heavy (non-hydrogen) atoms. The van der Waals surface area contributed by atoms with Gasteiger partial charge in [0.15, 0.2) is 5.89 Å². The molecule has 0 unspecified atom stereocenters. The number of sulfonamides is 1. The van der Waals surface area contributed by atoms with Crippen molar-refractivity contribution in [2.24, 2.45) is 0 Å². The average Bonchev–Trinajstić information content (AvgIpc) is 2.45. The Balaban J connectivity index is 2.48. The largest absolute Gasteiger partial charge is 0.446 e. The summed E-state index contributed by atoms with van der Waals surface area (Å²) in [5.74, 6) is 1.45. The highest BCUT2D eigenvalue weighted by atomic mass is 32.2. The minimum Gasteiger partial charge on any atom is -0.446 e. The van der Waals surface area contributed by atoms with Crippen molar-refractivity contribution in [3.63, 3.8) is 0 Å². The molecule has 0 spiro atoms. The Morgan fingerprint density at radius 1 is 1.40 bits per heavy atom. The van der Waals surface area contributed by atoms with Crippen LogP contribution in [0.2, 0.25) is 0 Å². The van der Waals surface area contributed by atoms with Gasteiger partial charge in [-0.05, 0) is 13.8 Å². The van der Waals surface area contributed by atoms with E-state index in [9.17, 15) is 8.42 Å². The highest BCUT2D eigenvalue weighted by Gasteiger charge is 2.09. The fourth-order valence-electron chi connectivity index (χ4n) is 1.23. The first kappa shape index (κ1) is 12.2. The van der Waals surface area contributed by atoms with Crippen molar-refractivity contribution in [1.82, 2.24) is 9.71 Å². The molecule has 0 fully saturated rings. The first-order chi connectivity index (χ1) is 6.94. The lowest BCUT2D eigenvalue weighted by atomic mass is 10.3. The van der Waals surface area contributed by atoms with Gasteiger partial charge >= 0.3 is 0 Å². The Bertz CT molecular complexity index is 423. The molecule has 1 N–H and O–H groups in total. The Morgan fingerprint density at radius 3 is 2.53 bits per heavy atom. The summed E-state index contributed by atoms with van der Waals surface area (Å²) < 4.78 is 30.0. The summed E-state index contributed by atoms with van der Waals surface area (Å²) >= 11 is 0. The Labute approximate surface area is 89.9 Å². The number of hydrogen-bond donors (Lipinski definition) is 1. The van der Waals surface area contributed by atoms with Crippen LogP contribution < -0.4 is 4.72 Å². The first-order valence-electron chi connectivity index (χ1n) is 4.85. The molecule has 0 amide bonds. The summed E-state index contributed by atoms with van der Waals surface area (Å²) in [6.07, 6.45) is 0.534. The van der Waals surface area contributed by atoms with Gasteiger partial charge in [-0.2, -0.15) is 0 Å². The number of nitrogens with zero attached hydrogens (tertiary/aromatic N) is 1. The van der Waals surface area contributed by atoms with Crippen molar-refractivity contribution in [1.29, 1.82) is 0 Å². The molecule has 0 atom stereocenters. The van der Waals surface area contributed by atoms with Crippen LogP contribution in [0.3, 0.4) is 0 Å². The smallest absolute Gasteiger partial charge is 0.211 e. The third kappa shape index (κ3) is 3.64. The number of nitrogens with one attached hydrogen (secondary N) is 1. The van der Waals surface area contributed by atoms with Crippen LogP contribution >= 0.6 is 0 Å². The molecular formula is C9H16N2O3S. The van der Waals surface area contributed by atoms with Crippen LogP contribution in [0.1, 0.15) is 24.3 Å². The summed E-state index contributed by atoms with van der Waals surface area (Å²) in [7, 11) is -3.11. The van der Waals surface area contributed by atoms with Crippen LogP contribution in [0, 0.1) is 13.8 Å². The van der Waals surface area contributed by atoms with E-state index in [1.807, 2.05) is 6.92 Å². The van der Waals surface area contributed by atoms with Gasteiger partial charge in [-0.1, -0.05) is 0 Å². The molecule has 1 heterocycles. The lowest BCUT2D eigenvalue weighted by Crippen LogP contribution is -2.27. The Kier molecular flexibility index (Phi) is 3.87. The van der Waals surface area contributed by atoms with Crippen molar-refractivity contribution in [3.05, 3.63) is 17.3 Å². The monoisotopic (exact) mass is 232 g/mol. The highest BCUT2D eigenvalue weighted by molar-refractivity contribution is 7.89. The molecule has 1 rings (SSSR count). The third-order valence-electron chi connectivity index (χ3n) is 2.05. The number of hydrogen-bond acceptors (Lipinski definition) is 4. The van der Waals surface area contributed by atoms with E-state index < -0.39 is 10.0 Å². The molecule has 0 radical (unpaired) electrons. The molecule has 5 nitrogen and oxygen atoms in total. The maximum Gasteiger partial charge on any atom is 0.211 e. The van der Waals surface area contributed by atoms with Crippen LogP contribution in [-0.4, -0.2) is 25.7 Å². The summed E-state index contributed by atoms with van der Waals surface area (Å²) in [5.41, 5.74) is 0.822. The molecule has 0 aliphatic rings. The minimum atomic E-state index is -3.11. The van der Waals surface area contributed by atoms with E-state index in [2.05, 4.69) is 9.71 Å². The van der Waals surface area contributed by atoms with E-state index in [1.54, 1.807) is 13.8 Å². The van der Waals surface area contributed by atoms with Gasteiger partial charge in [0.1, 0.15) is 5.76 Å². The molecular weight excluding hydrogens is 216 g/mol. The second-order valence-corrected chi connectivity index (χ2v) is 5.38. The number of aryl methyl sites for hydroxylation is 2. The van der Waals surface area contributed by atoms with Crippen molar-refractivity contribution in [3.8, 4) is 0 Å². The van der Waals surface area contributed by atoms with E-state index >= 15 is 0 Å². The van der Waals surface area contributed by atoms with E-state index in [1.165, 1.54) is 0 Å². The minimum absolute atomic E-state index is 0.0986. The molecule has 86 valence electrons. The zero-order valence-electron chi connectivity index (χ0n) is 9.20. The van der Waals surface area contributed by atoms with Crippen molar-refractivity contribution in [2.75, 3.05) is 12.3 Å². The number of rotatable bonds is 5. The summed E-state index contributed by atoms with van der Waals surface area (Å²) in [6, 6.07) is 0. The molecule has 1 aromatic rings. The maximum atomic E-state index is 11.1. The third-order valence-corrected chi connectivity index (χ3v) is 3.46. The van der Waals surface area contributed by atoms with Crippen molar-refractivity contribution in [2.45, 2.75) is 27.2 Å². The zero-order chi connectivity index (χ0) is 11.5.